The lowest BCUT2D eigenvalue weighted by Crippen LogP contribution is -2.38. The smallest absolute Gasteiger partial charge is 0.416 e. The fraction of sp³-hybridized carbons (Fsp3) is 0.222. The highest BCUT2D eigenvalue weighted by molar-refractivity contribution is 5.99. The van der Waals surface area contributed by atoms with Gasteiger partial charge in [-0.15, -0.1) is 0 Å². The van der Waals surface area contributed by atoms with Crippen molar-refractivity contribution in [1.82, 2.24) is 0 Å². The van der Waals surface area contributed by atoms with Crippen LogP contribution in [0.3, 0.4) is 0 Å². The summed E-state index contributed by atoms with van der Waals surface area (Å²) in [6.07, 6.45) is -5.75. The Morgan fingerprint density at radius 2 is 1.81 bits per heavy atom. The molecule has 2 aromatic carbocycles. The van der Waals surface area contributed by atoms with Gasteiger partial charge in [0.15, 0.2) is 6.10 Å². The molecule has 8 heteroatoms. The summed E-state index contributed by atoms with van der Waals surface area (Å²) in [7, 11) is 0. The first-order valence-corrected chi connectivity index (χ1v) is 7.71. The SMILES string of the molecule is O=C(C[C@@H]1Oc2ccccc2NC1=O)OCc1ccc(C(F)(F)F)cc1. The lowest BCUT2D eigenvalue weighted by molar-refractivity contribution is -0.149. The average Bonchev–Trinajstić information content (AvgIpc) is 2.60. The molecule has 0 radical (unpaired) electrons. The molecule has 2 aromatic rings. The Hall–Kier alpha value is -3.03. The normalized spacial score (nSPS) is 16.3. The van der Waals surface area contributed by atoms with E-state index >= 15 is 0 Å². The van der Waals surface area contributed by atoms with E-state index in [-0.39, 0.29) is 13.0 Å². The minimum absolute atomic E-state index is 0.193. The summed E-state index contributed by atoms with van der Waals surface area (Å²) < 4.78 is 48.0. The molecule has 1 atom stereocenters. The zero-order chi connectivity index (χ0) is 18.7. The van der Waals surface area contributed by atoms with Gasteiger partial charge < -0.3 is 14.8 Å². The molecule has 0 spiro atoms. The summed E-state index contributed by atoms with van der Waals surface area (Å²) in [6, 6.07) is 11.1. The lowest BCUT2D eigenvalue weighted by atomic mass is 10.1. The summed E-state index contributed by atoms with van der Waals surface area (Å²) in [6.45, 7) is -0.193. The van der Waals surface area contributed by atoms with Crippen LogP contribution in [0.25, 0.3) is 0 Å². The van der Waals surface area contributed by atoms with Crippen molar-refractivity contribution in [1.29, 1.82) is 0 Å². The van der Waals surface area contributed by atoms with Crippen molar-refractivity contribution in [2.45, 2.75) is 25.3 Å². The Morgan fingerprint density at radius 3 is 2.50 bits per heavy atom. The third kappa shape index (κ3) is 4.14. The van der Waals surface area contributed by atoms with E-state index in [1.807, 2.05) is 0 Å². The van der Waals surface area contributed by atoms with Crippen molar-refractivity contribution in [3.63, 3.8) is 0 Å². The van der Waals surface area contributed by atoms with Crippen LogP contribution < -0.4 is 10.1 Å². The molecule has 0 aliphatic carbocycles. The molecule has 3 rings (SSSR count). The van der Waals surface area contributed by atoms with Crippen LogP contribution in [0.15, 0.2) is 48.5 Å². The molecule has 0 saturated carbocycles. The number of carbonyl (C=O) groups is 2. The summed E-state index contributed by atoms with van der Waals surface area (Å²) in [5.74, 6) is -0.702. The highest BCUT2D eigenvalue weighted by Gasteiger charge is 2.31. The molecule has 1 amide bonds. The summed E-state index contributed by atoms with van der Waals surface area (Å²) in [4.78, 5) is 23.9. The highest BCUT2D eigenvalue weighted by atomic mass is 19.4. The molecular weight excluding hydrogens is 351 g/mol. The molecular formula is C18H14F3NO4. The van der Waals surface area contributed by atoms with Crippen molar-refractivity contribution < 1.29 is 32.2 Å². The molecule has 0 unspecified atom stereocenters. The van der Waals surface area contributed by atoms with Gasteiger partial charge in [0.1, 0.15) is 12.4 Å². The standard InChI is InChI=1S/C18H14F3NO4/c19-18(20,21)12-7-5-11(6-8-12)10-25-16(23)9-15-17(24)22-13-3-1-2-4-14(13)26-15/h1-8,15H,9-10H2,(H,22,24)/t15-/m0/s1. The Morgan fingerprint density at radius 1 is 1.12 bits per heavy atom. The molecule has 26 heavy (non-hydrogen) atoms. The van der Waals surface area contributed by atoms with Gasteiger partial charge in [-0.1, -0.05) is 24.3 Å². The number of benzene rings is 2. The van der Waals surface area contributed by atoms with E-state index in [9.17, 15) is 22.8 Å². The molecule has 0 saturated heterocycles. The largest absolute Gasteiger partial charge is 0.478 e. The topological polar surface area (TPSA) is 64.6 Å². The molecule has 1 aliphatic heterocycles. The van der Waals surface area contributed by atoms with Gasteiger partial charge in [0.2, 0.25) is 0 Å². The van der Waals surface area contributed by atoms with Crippen LogP contribution >= 0.6 is 0 Å². The first-order chi connectivity index (χ1) is 12.3. The summed E-state index contributed by atoms with van der Waals surface area (Å²) in [5.41, 5.74) is 0.149. The number of carbonyl (C=O) groups excluding carboxylic acids is 2. The molecule has 0 fully saturated rings. The molecule has 136 valence electrons. The molecule has 1 N–H and O–H groups in total. The van der Waals surface area contributed by atoms with Gasteiger partial charge in [-0.25, -0.2) is 0 Å². The monoisotopic (exact) mass is 365 g/mol. The second kappa shape index (κ2) is 7.07. The van der Waals surface area contributed by atoms with Crippen molar-refractivity contribution in [2.24, 2.45) is 0 Å². The van der Waals surface area contributed by atoms with Crippen molar-refractivity contribution in [3.05, 3.63) is 59.7 Å². The van der Waals surface area contributed by atoms with Gasteiger partial charge in [-0.05, 0) is 29.8 Å². The number of alkyl halides is 3. The van der Waals surface area contributed by atoms with E-state index in [1.54, 1.807) is 24.3 Å². The van der Waals surface area contributed by atoms with Crippen LogP contribution in [0.2, 0.25) is 0 Å². The van der Waals surface area contributed by atoms with Gasteiger partial charge in [0, 0.05) is 0 Å². The number of fused-ring (bicyclic) bond motifs is 1. The lowest BCUT2D eigenvalue weighted by Gasteiger charge is -2.25. The zero-order valence-electron chi connectivity index (χ0n) is 13.4. The van der Waals surface area contributed by atoms with E-state index < -0.39 is 29.7 Å². The molecule has 0 bridgehead atoms. The van der Waals surface area contributed by atoms with E-state index in [2.05, 4.69) is 5.32 Å². The van der Waals surface area contributed by atoms with Gasteiger partial charge in [0.05, 0.1) is 17.7 Å². The van der Waals surface area contributed by atoms with Crippen molar-refractivity contribution in [2.75, 3.05) is 5.32 Å². The Kier molecular flexibility index (Phi) is 4.83. The number of anilines is 1. The van der Waals surface area contributed by atoms with Crippen LogP contribution in [0, 0.1) is 0 Å². The van der Waals surface area contributed by atoms with Crippen molar-refractivity contribution in [3.8, 4) is 5.75 Å². The maximum absolute atomic E-state index is 12.5. The maximum Gasteiger partial charge on any atom is 0.416 e. The first kappa shape index (κ1) is 17.8. The summed E-state index contributed by atoms with van der Waals surface area (Å²) in [5, 5.41) is 2.63. The second-order valence-electron chi connectivity index (χ2n) is 5.65. The third-order valence-corrected chi connectivity index (χ3v) is 3.74. The number of para-hydroxylation sites is 2. The quantitative estimate of drug-likeness (QED) is 0.842. The summed E-state index contributed by atoms with van der Waals surface area (Å²) >= 11 is 0. The Bertz CT molecular complexity index is 818. The minimum atomic E-state index is -4.42. The predicted octanol–water partition coefficient (Wildman–Crippen LogP) is 3.54. The number of ether oxygens (including phenoxy) is 2. The molecule has 0 aromatic heterocycles. The molecule has 1 aliphatic rings. The van der Waals surface area contributed by atoms with E-state index in [4.69, 9.17) is 9.47 Å². The van der Waals surface area contributed by atoms with Crippen molar-refractivity contribution >= 4 is 17.6 Å². The van der Waals surface area contributed by atoms with E-state index in [0.29, 0.717) is 17.0 Å². The highest BCUT2D eigenvalue weighted by Crippen LogP contribution is 2.30. The maximum atomic E-state index is 12.5. The number of esters is 1. The number of hydrogen-bond donors (Lipinski definition) is 1. The van der Waals surface area contributed by atoms with Gasteiger partial charge in [-0.2, -0.15) is 13.2 Å². The fourth-order valence-corrected chi connectivity index (χ4v) is 2.39. The van der Waals surface area contributed by atoms with Crippen LogP contribution in [0.5, 0.6) is 5.75 Å². The van der Waals surface area contributed by atoms with Crippen LogP contribution in [-0.4, -0.2) is 18.0 Å². The minimum Gasteiger partial charge on any atom is -0.478 e. The third-order valence-electron chi connectivity index (χ3n) is 3.74. The van der Waals surface area contributed by atoms with Gasteiger partial charge in [0.25, 0.3) is 5.91 Å². The van der Waals surface area contributed by atoms with Crippen LogP contribution in [-0.2, 0) is 27.1 Å². The number of nitrogens with one attached hydrogen (secondary N) is 1. The fourth-order valence-electron chi connectivity index (χ4n) is 2.39. The molecule has 1 heterocycles. The van der Waals surface area contributed by atoms with E-state index in [1.165, 1.54) is 12.1 Å². The Balaban J connectivity index is 1.54. The first-order valence-electron chi connectivity index (χ1n) is 7.71. The zero-order valence-corrected chi connectivity index (χ0v) is 13.4. The van der Waals surface area contributed by atoms with Crippen LogP contribution in [0.4, 0.5) is 18.9 Å². The number of rotatable bonds is 4. The Labute approximate surface area is 146 Å². The number of amides is 1. The predicted molar refractivity (Wildman–Crippen MR) is 85.3 cm³/mol. The number of halogens is 3. The van der Waals surface area contributed by atoms with Crippen LogP contribution in [0.1, 0.15) is 17.5 Å². The van der Waals surface area contributed by atoms with Gasteiger partial charge in [-0.3, -0.25) is 9.59 Å². The molecule has 5 nitrogen and oxygen atoms in total. The average molecular weight is 365 g/mol. The van der Waals surface area contributed by atoms with Gasteiger partial charge >= 0.3 is 12.1 Å². The second-order valence-corrected chi connectivity index (χ2v) is 5.65. The van der Waals surface area contributed by atoms with E-state index in [0.717, 1.165) is 12.1 Å². The number of hydrogen-bond acceptors (Lipinski definition) is 4.